The number of benzene rings is 4. The highest BCUT2D eigenvalue weighted by atomic mass is 16.5. The lowest BCUT2D eigenvalue weighted by Gasteiger charge is -2.37. The largest absolute Gasteiger partial charge is 0.497 e. The van der Waals surface area contributed by atoms with Crippen molar-refractivity contribution in [2.45, 2.75) is 18.0 Å². The van der Waals surface area contributed by atoms with Gasteiger partial charge in [-0.2, -0.15) is 0 Å². The van der Waals surface area contributed by atoms with Crippen molar-refractivity contribution >= 4 is 29.1 Å². The number of hydrogen-bond donors (Lipinski definition) is 0. The molecule has 7 rings (SSSR count). The lowest BCUT2D eigenvalue weighted by Crippen LogP contribution is -2.48. The van der Waals surface area contributed by atoms with E-state index in [4.69, 9.17) is 4.74 Å². The maximum atomic E-state index is 14.6. The van der Waals surface area contributed by atoms with Crippen molar-refractivity contribution in [3.05, 3.63) is 137 Å². The SMILES string of the molecule is COc1ccc(C(=O)[C@H]2[C@H](c3ccccc3)C3(C(=O)c4ccccc4C3=O)C3C=Cc4ccccc4N32)cc1. The van der Waals surface area contributed by atoms with Gasteiger partial charge in [0.05, 0.1) is 13.2 Å². The van der Waals surface area contributed by atoms with E-state index < -0.39 is 23.4 Å². The maximum absolute atomic E-state index is 14.6. The molecule has 0 amide bonds. The minimum absolute atomic E-state index is 0.143. The van der Waals surface area contributed by atoms with Gasteiger partial charge in [-0.05, 0) is 41.5 Å². The van der Waals surface area contributed by atoms with Crippen LogP contribution in [-0.2, 0) is 0 Å². The second-order valence-electron chi connectivity index (χ2n) is 10.3. The summed E-state index contributed by atoms with van der Waals surface area (Å²) in [5.41, 5.74) is 2.44. The first-order valence-electron chi connectivity index (χ1n) is 13.0. The van der Waals surface area contributed by atoms with Gasteiger partial charge in [-0.1, -0.05) is 84.9 Å². The normalized spacial score (nSPS) is 22.0. The summed E-state index contributed by atoms with van der Waals surface area (Å²) in [6, 6.07) is 30.1. The van der Waals surface area contributed by atoms with Crippen molar-refractivity contribution in [2.24, 2.45) is 5.41 Å². The van der Waals surface area contributed by atoms with Crippen molar-refractivity contribution in [3.63, 3.8) is 0 Å². The van der Waals surface area contributed by atoms with Gasteiger partial charge < -0.3 is 9.64 Å². The first-order chi connectivity index (χ1) is 19.1. The second-order valence-corrected chi connectivity index (χ2v) is 10.3. The number of ether oxygens (including phenoxy) is 1. The van der Waals surface area contributed by atoms with Crippen LogP contribution in [0.25, 0.3) is 6.08 Å². The molecule has 5 heteroatoms. The van der Waals surface area contributed by atoms with Crippen LogP contribution in [-0.4, -0.2) is 36.5 Å². The predicted molar refractivity (Wildman–Crippen MR) is 150 cm³/mol. The molecular formula is C34H25NO4. The van der Waals surface area contributed by atoms with Gasteiger partial charge in [0.1, 0.15) is 17.2 Å². The van der Waals surface area contributed by atoms with Crippen LogP contribution < -0.4 is 9.64 Å². The van der Waals surface area contributed by atoms with Crippen LogP contribution in [0.1, 0.15) is 48.1 Å². The minimum atomic E-state index is -1.48. The minimum Gasteiger partial charge on any atom is -0.497 e. The first kappa shape index (κ1) is 23.4. The van der Waals surface area contributed by atoms with E-state index in [9.17, 15) is 14.4 Å². The first-order valence-corrected chi connectivity index (χ1v) is 13.0. The summed E-state index contributed by atoms with van der Waals surface area (Å²) in [7, 11) is 1.58. The summed E-state index contributed by atoms with van der Waals surface area (Å²) >= 11 is 0. The molecule has 0 bridgehead atoms. The molecule has 39 heavy (non-hydrogen) atoms. The van der Waals surface area contributed by atoms with E-state index >= 15 is 0 Å². The molecule has 1 unspecified atom stereocenters. The lowest BCUT2D eigenvalue weighted by atomic mass is 9.64. The third-order valence-corrected chi connectivity index (χ3v) is 8.51. The van der Waals surface area contributed by atoms with E-state index in [0.29, 0.717) is 22.4 Å². The Morgan fingerprint density at radius 3 is 2.05 bits per heavy atom. The molecule has 1 saturated heterocycles. The zero-order valence-corrected chi connectivity index (χ0v) is 21.3. The van der Waals surface area contributed by atoms with Gasteiger partial charge in [0.15, 0.2) is 17.3 Å². The fraction of sp³-hybridized carbons (Fsp3) is 0.147. The Morgan fingerprint density at radius 2 is 1.38 bits per heavy atom. The lowest BCUT2D eigenvalue weighted by molar-refractivity contribution is 0.0666. The number of Topliss-reactive ketones (excluding diaryl/α,β-unsaturated/α-hetero) is 3. The number of para-hydroxylation sites is 1. The highest BCUT2D eigenvalue weighted by Gasteiger charge is 2.71. The van der Waals surface area contributed by atoms with Crippen molar-refractivity contribution in [1.29, 1.82) is 0 Å². The van der Waals surface area contributed by atoms with Crippen LogP contribution in [0.3, 0.4) is 0 Å². The average Bonchev–Trinajstić information content (AvgIpc) is 3.43. The number of rotatable bonds is 4. The molecule has 0 saturated carbocycles. The van der Waals surface area contributed by atoms with Gasteiger partial charge in [-0.3, -0.25) is 14.4 Å². The zero-order valence-electron chi connectivity index (χ0n) is 21.3. The van der Waals surface area contributed by atoms with Gasteiger partial charge >= 0.3 is 0 Å². The van der Waals surface area contributed by atoms with Crippen LogP contribution >= 0.6 is 0 Å². The molecule has 3 atom stereocenters. The number of ketones is 3. The predicted octanol–water partition coefficient (Wildman–Crippen LogP) is 6.01. The number of carbonyl (C=O) groups is 3. The highest BCUT2D eigenvalue weighted by molar-refractivity contribution is 6.32. The number of carbonyl (C=O) groups excluding carboxylic acids is 3. The van der Waals surface area contributed by atoms with Gasteiger partial charge in [0.25, 0.3) is 0 Å². The summed E-state index contributed by atoms with van der Waals surface area (Å²) < 4.78 is 5.32. The quantitative estimate of drug-likeness (QED) is 0.248. The van der Waals surface area contributed by atoms with Crippen LogP contribution in [0.15, 0.2) is 109 Å². The molecule has 3 aliphatic rings. The number of nitrogens with zero attached hydrogens (tertiary/aromatic N) is 1. The fourth-order valence-electron chi connectivity index (χ4n) is 6.88. The molecule has 5 nitrogen and oxygen atoms in total. The summed E-state index contributed by atoms with van der Waals surface area (Å²) in [5, 5.41) is 0. The third-order valence-electron chi connectivity index (χ3n) is 8.51. The summed E-state index contributed by atoms with van der Waals surface area (Å²) in [5.74, 6) is -0.645. The van der Waals surface area contributed by atoms with Crippen molar-refractivity contribution < 1.29 is 19.1 Å². The summed E-state index contributed by atoms with van der Waals surface area (Å²) in [6.07, 6.45) is 3.92. The van der Waals surface area contributed by atoms with Crippen LogP contribution in [0.5, 0.6) is 5.75 Å². The highest BCUT2D eigenvalue weighted by Crippen LogP contribution is 2.60. The number of anilines is 1. The van der Waals surface area contributed by atoms with Crippen LogP contribution in [0.2, 0.25) is 0 Å². The average molecular weight is 512 g/mol. The Morgan fingerprint density at radius 1 is 0.769 bits per heavy atom. The molecule has 0 radical (unpaired) electrons. The molecular weight excluding hydrogens is 486 g/mol. The van der Waals surface area contributed by atoms with E-state index in [0.717, 1.165) is 16.8 Å². The van der Waals surface area contributed by atoms with Gasteiger partial charge in [-0.15, -0.1) is 0 Å². The summed E-state index contributed by atoms with van der Waals surface area (Å²) in [6.45, 7) is 0. The topological polar surface area (TPSA) is 63.7 Å². The van der Waals surface area contributed by atoms with Crippen molar-refractivity contribution in [2.75, 3.05) is 12.0 Å². The van der Waals surface area contributed by atoms with E-state index in [1.54, 1.807) is 55.6 Å². The Kier molecular flexibility index (Phi) is 5.17. The van der Waals surface area contributed by atoms with Crippen LogP contribution in [0.4, 0.5) is 5.69 Å². The molecule has 1 fully saturated rings. The van der Waals surface area contributed by atoms with Crippen molar-refractivity contribution in [3.8, 4) is 5.75 Å². The number of methoxy groups -OCH3 is 1. The Balaban J connectivity index is 1.52. The van der Waals surface area contributed by atoms with Crippen LogP contribution in [0, 0.1) is 5.41 Å². The molecule has 190 valence electrons. The van der Waals surface area contributed by atoms with Gasteiger partial charge in [-0.25, -0.2) is 0 Å². The standard InChI is InChI=1S/C34H25NO4/c1-39-24-18-15-23(16-19-24)31(36)30-29(22-10-3-2-4-11-22)34(32(37)25-12-6-7-13-26(25)33(34)38)28-20-17-21-9-5-8-14-27(21)35(28)30/h2-20,28-30H,1H3/t28?,29-,30+/m0/s1. The Hall–Kier alpha value is -4.77. The fourth-order valence-corrected chi connectivity index (χ4v) is 6.88. The maximum Gasteiger partial charge on any atom is 0.185 e. The molecule has 2 aliphatic heterocycles. The molecule has 0 N–H and O–H groups in total. The molecule has 0 aromatic heterocycles. The third kappa shape index (κ3) is 3.10. The molecule has 2 heterocycles. The monoisotopic (exact) mass is 511 g/mol. The number of fused-ring (bicyclic) bond motifs is 5. The zero-order chi connectivity index (χ0) is 26.7. The molecule has 1 aliphatic carbocycles. The summed E-state index contributed by atoms with van der Waals surface area (Å²) in [4.78, 5) is 45.7. The molecule has 4 aromatic rings. The second kappa shape index (κ2) is 8.63. The molecule has 4 aromatic carbocycles. The number of hydrogen-bond acceptors (Lipinski definition) is 5. The van der Waals surface area contributed by atoms with E-state index in [2.05, 4.69) is 0 Å². The van der Waals surface area contributed by atoms with Gasteiger partial charge in [0, 0.05) is 28.3 Å². The van der Waals surface area contributed by atoms with E-state index in [1.807, 2.05) is 71.6 Å². The van der Waals surface area contributed by atoms with Gasteiger partial charge in [0.2, 0.25) is 0 Å². The Labute approximate surface area is 226 Å². The Bertz CT molecular complexity index is 1640. The molecule has 1 spiro atoms. The van der Waals surface area contributed by atoms with E-state index in [1.165, 1.54) is 0 Å². The van der Waals surface area contributed by atoms with E-state index in [-0.39, 0.29) is 17.3 Å². The smallest absolute Gasteiger partial charge is 0.185 e. The van der Waals surface area contributed by atoms with Crippen molar-refractivity contribution in [1.82, 2.24) is 0 Å².